The predicted octanol–water partition coefficient (Wildman–Crippen LogP) is 3.97. The molecule has 1 rings (SSSR count). The molecule has 2 unspecified atom stereocenters. The van der Waals surface area contributed by atoms with Crippen LogP contribution in [0.25, 0.3) is 0 Å². The van der Waals surface area contributed by atoms with Crippen molar-refractivity contribution in [3.8, 4) is 5.75 Å². The lowest BCUT2D eigenvalue weighted by molar-refractivity contribution is 0.329. The molecule has 2 atom stereocenters. The molecule has 0 saturated carbocycles. The topological polar surface area (TPSA) is 21.3 Å². The number of rotatable bonds is 8. The van der Waals surface area contributed by atoms with Crippen LogP contribution in [0.2, 0.25) is 0 Å². The molecular formula is C16H27NO. The zero-order chi connectivity index (χ0) is 13.4. The van der Waals surface area contributed by atoms with Gasteiger partial charge in [0.15, 0.2) is 0 Å². The molecule has 0 saturated heterocycles. The molecule has 0 fully saturated rings. The number of ether oxygens (including phenoxy) is 1. The van der Waals surface area contributed by atoms with Crippen molar-refractivity contribution < 1.29 is 4.74 Å². The fourth-order valence-corrected chi connectivity index (χ4v) is 2.36. The SMILES string of the molecule is CCCNC(CC)C(C)c1ccccc1OCC. The first-order valence-corrected chi connectivity index (χ1v) is 7.19. The van der Waals surface area contributed by atoms with Gasteiger partial charge >= 0.3 is 0 Å². The molecule has 0 spiro atoms. The molecule has 2 heteroatoms. The lowest BCUT2D eigenvalue weighted by Crippen LogP contribution is -2.33. The Kier molecular flexibility index (Phi) is 6.81. The molecule has 0 heterocycles. The molecule has 1 N–H and O–H groups in total. The van der Waals surface area contributed by atoms with Gasteiger partial charge in [-0.25, -0.2) is 0 Å². The van der Waals surface area contributed by atoms with Gasteiger partial charge in [0.2, 0.25) is 0 Å². The molecule has 0 aromatic heterocycles. The largest absolute Gasteiger partial charge is 0.494 e. The minimum atomic E-state index is 0.476. The second-order valence-electron chi connectivity index (χ2n) is 4.73. The van der Waals surface area contributed by atoms with Crippen molar-refractivity contribution in [1.29, 1.82) is 0 Å². The second-order valence-corrected chi connectivity index (χ2v) is 4.73. The van der Waals surface area contributed by atoms with Crippen molar-refractivity contribution in [2.75, 3.05) is 13.2 Å². The van der Waals surface area contributed by atoms with Crippen molar-refractivity contribution in [2.45, 2.75) is 52.5 Å². The van der Waals surface area contributed by atoms with Crippen LogP contribution in [-0.2, 0) is 0 Å². The zero-order valence-corrected chi connectivity index (χ0v) is 12.2. The molecule has 102 valence electrons. The maximum absolute atomic E-state index is 5.73. The Morgan fingerprint density at radius 1 is 1.17 bits per heavy atom. The molecule has 0 radical (unpaired) electrons. The lowest BCUT2D eigenvalue weighted by Gasteiger charge is -2.26. The van der Waals surface area contributed by atoms with Crippen LogP contribution >= 0.6 is 0 Å². The number of benzene rings is 1. The first kappa shape index (κ1) is 15.0. The first-order valence-electron chi connectivity index (χ1n) is 7.19. The predicted molar refractivity (Wildman–Crippen MR) is 78.4 cm³/mol. The highest BCUT2D eigenvalue weighted by Crippen LogP contribution is 2.29. The lowest BCUT2D eigenvalue weighted by atomic mass is 9.91. The van der Waals surface area contributed by atoms with Crippen molar-refractivity contribution >= 4 is 0 Å². The Bertz CT molecular complexity index is 338. The minimum Gasteiger partial charge on any atom is -0.494 e. The van der Waals surface area contributed by atoms with E-state index in [1.807, 2.05) is 13.0 Å². The van der Waals surface area contributed by atoms with Crippen LogP contribution in [0.5, 0.6) is 5.75 Å². The van der Waals surface area contributed by atoms with Crippen molar-refractivity contribution in [3.63, 3.8) is 0 Å². The Hall–Kier alpha value is -1.02. The van der Waals surface area contributed by atoms with E-state index in [4.69, 9.17) is 4.74 Å². The van der Waals surface area contributed by atoms with Gasteiger partial charge in [-0.2, -0.15) is 0 Å². The van der Waals surface area contributed by atoms with E-state index < -0.39 is 0 Å². The van der Waals surface area contributed by atoms with Gasteiger partial charge in [0.1, 0.15) is 5.75 Å². The zero-order valence-electron chi connectivity index (χ0n) is 12.2. The molecule has 0 aliphatic carbocycles. The Labute approximate surface area is 112 Å². The molecule has 18 heavy (non-hydrogen) atoms. The summed E-state index contributed by atoms with van der Waals surface area (Å²) in [4.78, 5) is 0. The van der Waals surface area contributed by atoms with E-state index in [1.54, 1.807) is 0 Å². The van der Waals surface area contributed by atoms with Crippen LogP contribution < -0.4 is 10.1 Å². The molecule has 0 aliphatic rings. The van der Waals surface area contributed by atoms with Gasteiger partial charge in [0.05, 0.1) is 6.61 Å². The van der Waals surface area contributed by atoms with E-state index in [-0.39, 0.29) is 0 Å². The van der Waals surface area contributed by atoms with Crippen LogP contribution in [0, 0.1) is 0 Å². The summed E-state index contributed by atoms with van der Waals surface area (Å²) >= 11 is 0. The molecule has 0 bridgehead atoms. The molecule has 1 aromatic carbocycles. The monoisotopic (exact) mass is 249 g/mol. The average molecular weight is 249 g/mol. The van der Waals surface area contributed by atoms with E-state index in [9.17, 15) is 0 Å². The fourth-order valence-electron chi connectivity index (χ4n) is 2.36. The quantitative estimate of drug-likeness (QED) is 0.753. The molecule has 2 nitrogen and oxygen atoms in total. The number of nitrogens with one attached hydrogen (secondary N) is 1. The molecule has 1 aromatic rings. The smallest absolute Gasteiger partial charge is 0.122 e. The van der Waals surface area contributed by atoms with Gasteiger partial charge in [0, 0.05) is 12.0 Å². The summed E-state index contributed by atoms with van der Waals surface area (Å²) in [6, 6.07) is 8.92. The fraction of sp³-hybridized carbons (Fsp3) is 0.625. The Balaban J connectivity index is 2.82. The maximum atomic E-state index is 5.73. The summed E-state index contributed by atoms with van der Waals surface area (Å²) in [5.74, 6) is 1.51. The van der Waals surface area contributed by atoms with Crippen LogP contribution in [0.3, 0.4) is 0 Å². The standard InChI is InChI=1S/C16H27NO/c1-5-12-17-15(6-2)13(4)14-10-8-9-11-16(14)18-7-3/h8-11,13,15,17H,5-7,12H2,1-4H3. The maximum Gasteiger partial charge on any atom is 0.122 e. The second kappa shape index (κ2) is 8.15. The number of hydrogen-bond acceptors (Lipinski definition) is 2. The third kappa shape index (κ3) is 4.02. The van der Waals surface area contributed by atoms with Gasteiger partial charge < -0.3 is 10.1 Å². The van der Waals surface area contributed by atoms with Gasteiger partial charge in [0.25, 0.3) is 0 Å². The van der Waals surface area contributed by atoms with Gasteiger partial charge in [-0.05, 0) is 37.9 Å². The van der Waals surface area contributed by atoms with Gasteiger partial charge in [-0.15, -0.1) is 0 Å². The summed E-state index contributed by atoms with van der Waals surface area (Å²) < 4.78 is 5.73. The highest BCUT2D eigenvalue weighted by atomic mass is 16.5. The van der Waals surface area contributed by atoms with Crippen LogP contribution in [0.4, 0.5) is 0 Å². The normalized spacial score (nSPS) is 14.2. The summed E-state index contributed by atoms with van der Waals surface area (Å²) in [6.07, 6.45) is 2.32. The van der Waals surface area contributed by atoms with E-state index in [2.05, 4.69) is 44.3 Å². The number of para-hydroxylation sites is 1. The van der Waals surface area contributed by atoms with Crippen LogP contribution in [-0.4, -0.2) is 19.2 Å². The van der Waals surface area contributed by atoms with Crippen LogP contribution in [0.1, 0.15) is 52.0 Å². The van der Waals surface area contributed by atoms with Crippen molar-refractivity contribution in [2.24, 2.45) is 0 Å². The van der Waals surface area contributed by atoms with Gasteiger partial charge in [-0.1, -0.05) is 39.0 Å². The minimum absolute atomic E-state index is 0.476. The number of hydrogen-bond donors (Lipinski definition) is 1. The summed E-state index contributed by atoms with van der Waals surface area (Å²) in [7, 11) is 0. The van der Waals surface area contributed by atoms with E-state index in [0.717, 1.165) is 25.3 Å². The van der Waals surface area contributed by atoms with E-state index >= 15 is 0 Å². The van der Waals surface area contributed by atoms with Crippen molar-refractivity contribution in [3.05, 3.63) is 29.8 Å². The molecule has 0 amide bonds. The van der Waals surface area contributed by atoms with Crippen LogP contribution in [0.15, 0.2) is 24.3 Å². The first-order chi connectivity index (χ1) is 8.74. The van der Waals surface area contributed by atoms with Gasteiger partial charge in [-0.3, -0.25) is 0 Å². The highest BCUT2D eigenvalue weighted by molar-refractivity contribution is 5.36. The summed E-state index contributed by atoms with van der Waals surface area (Å²) in [5, 5.41) is 3.63. The van der Waals surface area contributed by atoms with E-state index in [1.165, 1.54) is 12.0 Å². The average Bonchev–Trinajstić information content (AvgIpc) is 2.40. The highest BCUT2D eigenvalue weighted by Gasteiger charge is 2.19. The summed E-state index contributed by atoms with van der Waals surface area (Å²) in [6.45, 7) is 10.6. The third-order valence-corrected chi connectivity index (χ3v) is 3.41. The third-order valence-electron chi connectivity index (χ3n) is 3.41. The molecule has 0 aliphatic heterocycles. The summed E-state index contributed by atoms with van der Waals surface area (Å²) in [5.41, 5.74) is 1.31. The Morgan fingerprint density at radius 3 is 2.50 bits per heavy atom. The molecular weight excluding hydrogens is 222 g/mol. The van der Waals surface area contributed by atoms with E-state index in [0.29, 0.717) is 12.0 Å². The van der Waals surface area contributed by atoms with Crippen molar-refractivity contribution in [1.82, 2.24) is 5.32 Å². The Morgan fingerprint density at radius 2 is 1.89 bits per heavy atom.